The Labute approximate surface area is 80.5 Å². The first-order valence-corrected chi connectivity index (χ1v) is 5.55. The van der Waals surface area contributed by atoms with Crippen molar-refractivity contribution >= 4 is 0 Å². The van der Waals surface area contributed by atoms with Gasteiger partial charge in [0.05, 0.1) is 6.10 Å². The normalized spacial score (nSPS) is 30.7. The van der Waals surface area contributed by atoms with Crippen molar-refractivity contribution in [3.05, 3.63) is 0 Å². The van der Waals surface area contributed by atoms with Gasteiger partial charge in [-0.05, 0) is 49.5 Å². The third-order valence-corrected chi connectivity index (χ3v) is 4.24. The molecule has 2 fully saturated rings. The van der Waals surface area contributed by atoms with Gasteiger partial charge in [-0.1, -0.05) is 13.3 Å². The lowest BCUT2D eigenvalue weighted by Gasteiger charge is -2.56. The summed E-state index contributed by atoms with van der Waals surface area (Å²) in [7, 11) is 0. The Morgan fingerprint density at radius 2 is 2.08 bits per heavy atom. The number of aliphatic hydroxyl groups is 1. The molecule has 0 aromatic rings. The molecule has 0 aliphatic heterocycles. The molecule has 0 aromatic carbocycles. The molecule has 13 heavy (non-hydrogen) atoms. The number of hydrogen-bond acceptors (Lipinski definition) is 2. The molecule has 0 amide bonds. The Bertz CT molecular complexity index is 181. The van der Waals surface area contributed by atoms with E-state index in [-0.39, 0.29) is 12.0 Å². The van der Waals surface area contributed by atoms with E-state index in [2.05, 4.69) is 6.92 Å². The molecule has 3 N–H and O–H groups in total. The smallest absolute Gasteiger partial charge is 0.0606 e. The minimum atomic E-state index is -0.142. The highest BCUT2D eigenvalue weighted by Crippen LogP contribution is 2.59. The van der Waals surface area contributed by atoms with Gasteiger partial charge in [0.25, 0.3) is 0 Å². The topological polar surface area (TPSA) is 46.2 Å². The molecule has 2 saturated carbocycles. The lowest BCUT2D eigenvalue weighted by molar-refractivity contribution is -0.0931. The maximum absolute atomic E-state index is 9.91. The first-order valence-electron chi connectivity index (χ1n) is 5.55. The molecule has 0 radical (unpaired) electrons. The summed E-state index contributed by atoms with van der Waals surface area (Å²) < 4.78 is 0. The van der Waals surface area contributed by atoms with E-state index in [0.717, 1.165) is 0 Å². The second kappa shape index (κ2) is 3.25. The van der Waals surface area contributed by atoms with Crippen LogP contribution >= 0.6 is 0 Å². The number of rotatable bonds is 3. The summed E-state index contributed by atoms with van der Waals surface area (Å²) in [6, 6.07) is 0. The van der Waals surface area contributed by atoms with Crippen LogP contribution in [0.25, 0.3) is 0 Å². The average molecular weight is 183 g/mol. The highest BCUT2D eigenvalue weighted by molar-refractivity contribution is 5.01. The van der Waals surface area contributed by atoms with E-state index in [1.165, 1.54) is 32.1 Å². The van der Waals surface area contributed by atoms with Crippen LogP contribution in [-0.4, -0.2) is 17.8 Å². The summed E-state index contributed by atoms with van der Waals surface area (Å²) in [4.78, 5) is 0. The lowest BCUT2D eigenvalue weighted by atomic mass is 9.50. The molecule has 2 rings (SSSR count). The van der Waals surface area contributed by atoms with E-state index in [4.69, 9.17) is 5.73 Å². The van der Waals surface area contributed by atoms with Gasteiger partial charge in [-0.25, -0.2) is 0 Å². The molecular weight excluding hydrogens is 162 g/mol. The van der Waals surface area contributed by atoms with Crippen LogP contribution in [0.4, 0.5) is 0 Å². The van der Waals surface area contributed by atoms with Crippen molar-refractivity contribution in [3.63, 3.8) is 0 Å². The number of nitrogens with two attached hydrogens (primary N) is 1. The zero-order valence-corrected chi connectivity index (χ0v) is 8.50. The maximum Gasteiger partial charge on any atom is 0.0606 e. The highest BCUT2D eigenvalue weighted by atomic mass is 16.3. The van der Waals surface area contributed by atoms with Crippen molar-refractivity contribution in [1.29, 1.82) is 0 Å². The molecule has 2 aliphatic rings. The second-order valence-electron chi connectivity index (χ2n) is 5.23. The van der Waals surface area contributed by atoms with Gasteiger partial charge in [-0.2, -0.15) is 0 Å². The molecule has 1 spiro atoms. The Balaban J connectivity index is 1.78. The predicted octanol–water partition coefficient (Wildman–Crippen LogP) is 1.52. The van der Waals surface area contributed by atoms with Crippen molar-refractivity contribution in [1.82, 2.24) is 0 Å². The van der Waals surface area contributed by atoms with E-state index in [0.29, 0.717) is 17.9 Å². The largest absolute Gasteiger partial charge is 0.393 e. The first kappa shape index (κ1) is 9.47. The van der Waals surface area contributed by atoms with E-state index in [1.807, 2.05) is 0 Å². The fourth-order valence-corrected chi connectivity index (χ4v) is 2.98. The minimum Gasteiger partial charge on any atom is -0.393 e. The molecule has 2 unspecified atom stereocenters. The summed E-state index contributed by atoms with van der Waals surface area (Å²) >= 11 is 0. The van der Waals surface area contributed by atoms with Crippen LogP contribution in [-0.2, 0) is 0 Å². The monoisotopic (exact) mass is 183 g/mol. The molecule has 0 saturated heterocycles. The second-order valence-corrected chi connectivity index (χ2v) is 5.23. The zero-order valence-electron chi connectivity index (χ0n) is 8.50. The number of hydrogen-bond donors (Lipinski definition) is 2. The molecule has 0 aromatic heterocycles. The van der Waals surface area contributed by atoms with E-state index < -0.39 is 0 Å². The molecule has 0 heterocycles. The van der Waals surface area contributed by atoms with Crippen LogP contribution in [0.15, 0.2) is 0 Å². The number of aliphatic hydroxyl groups excluding tert-OH is 1. The third-order valence-electron chi connectivity index (χ3n) is 4.24. The summed E-state index contributed by atoms with van der Waals surface area (Å²) in [5, 5.41) is 9.91. The van der Waals surface area contributed by atoms with E-state index in [9.17, 15) is 5.11 Å². The molecular formula is C11H21NO. The summed E-state index contributed by atoms with van der Waals surface area (Å²) in [5.74, 6) is 0.835. The van der Waals surface area contributed by atoms with Gasteiger partial charge in [0, 0.05) is 0 Å². The van der Waals surface area contributed by atoms with E-state index >= 15 is 0 Å². The Hall–Kier alpha value is -0.0800. The molecule has 2 heteroatoms. The minimum absolute atomic E-state index is 0.142. The lowest BCUT2D eigenvalue weighted by Crippen LogP contribution is -2.49. The van der Waals surface area contributed by atoms with Crippen LogP contribution in [0.3, 0.4) is 0 Å². The van der Waals surface area contributed by atoms with Gasteiger partial charge in [-0.3, -0.25) is 0 Å². The molecule has 2 aliphatic carbocycles. The Morgan fingerprint density at radius 3 is 2.46 bits per heavy atom. The Kier molecular flexibility index (Phi) is 2.37. The van der Waals surface area contributed by atoms with Crippen LogP contribution in [0.1, 0.15) is 39.0 Å². The van der Waals surface area contributed by atoms with Gasteiger partial charge in [0.15, 0.2) is 0 Å². The van der Waals surface area contributed by atoms with Gasteiger partial charge in [-0.15, -0.1) is 0 Å². The fourth-order valence-electron chi connectivity index (χ4n) is 2.98. The molecule has 2 nitrogen and oxygen atoms in total. The summed E-state index contributed by atoms with van der Waals surface area (Å²) in [6.45, 7) is 2.67. The maximum atomic E-state index is 9.91. The van der Waals surface area contributed by atoms with Gasteiger partial charge < -0.3 is 10.8 Å². The summed E-state index contributed by atoms with van der Waals surface area (Å²) in [6.07, 6.45) is 6.61. The van der Waals surface area contributed by atoms with E-state index in [1.54, 1.807) is 0 Å². The van der Waals surface area contributed by atoms with Crippen molar-refractivity contribution in [2.45, 2.75) is 45.1 Å². The van der Waals surface area contributed by atoms with Crippen molar-refractivity contribution in [3.8, 4) is 0 Å². The average Bonchev–Trinajstić information content (AvgIpc) is 1.97. The van der Waals surface area contributed by atoms with Crippen LogP contribution in [0.2, 0.25) is 0 Å². The predicted molar refractivity (Wildman–Crippen MR) is 53.2 cm³/mol. The SMILES string of the molecule is CC(CN)C(O)C1CC2(CCC2)C1. The molecule has 2 atom stereocenters. The van der Waals surface area contributed by atoms with Crippen molar-refractivity contribution in [2.75, 3.05) is 6.54 Å². The molecule has 76 valence electrons. The van der Waals surface area contributed by atoms with Gasteiger partial charge in [0.1, 0.15) is 0 Å². The fraction of sp³-hybridized carbons (Fsp3) is 1.00. The van der Waals surface area contributed by atoms with Crippen molar-refractivity contribution < 1.29 is 5.11 Å². The van der Waals surface area contributed by atoms with Crippen LogP contribution in [0.5, 0.6) is 0 Å². The zero-order chi connectivity index (χ0) is 9.47. The quantitative estimate of drug-likeness (QED) is 0.697. The van der Waals surface area contributed by atoms with Gasteiger partial charge in [0.2, 0.25) is 0 Å². The first-order chi connectivity index (χ1) is 6.17. The molecule has 0 bridgehead atoms. The Morgan fingerprint density at radius 1 is 1.46 bits per heavy atom. The standard InChI is InChI=1S/C11H21NO/c1-8(7-12)10(13)9-5-11(6-9)3-2-4-11/h8-10,13H,2-7,12H2,1H3. The van der Waals surface area contributed by atoms with Crippen LogP contribution in [0, 0.1) is 17.3 Å². The highest BCUT2D eigenvalue weighted by Gasteiger charge is 2.50. The van der Waals surface area contributed by atoms with Gasteiger partial charge >= 0.3 is 0 Å². The summed E-state index contributed by atoms with van der Waals surface area (Å²) in [5.41, 5.74) is 6.22. The van der Waals surface area contributed by atoms with Crippen molar-refractivity contribution in [2.24, 2.45) is 23.0 Å². The van der Waals surface area contributed by atoms with Crippen LogP contribution < -0.4 is 5.73 Å². The third kappa shape index (κ3) is 1.50.